The number of hydrogen-bond donors (Lipinski definition) is 1. The molecule has 0 spiro atoms. The lowest BCUT2D eigenvalue weighted by Crippen LogP contribution is -2.26. The Morgan fingerprint density at radius 1 is 1.53 bits per heavy atom. The number of carboxylic acids is 1. The number of nitrogens with zero attached hydrogens (tertiary/aromatic N) is 2. The zero-order valence-corrected chi connectivity index (χ0v) is 11.2. The fourth-order valence-electron chi connectivity index (χ4n) is 2.05. The van der Waals surface area contributed by atoms with Crippen LogP contribution in [0.15, 0.2) is 16.7 Å². The highest BCUT2D eigenvalue weighted by molar-refractivity contribution is 9.10. The van der Waals surface area contributed by atoms with Gasteiger partial charge in [-0.2, -0.15) is 13.2 Å². The maximum atomic E-state index is 12.9. The number of rotatable bonds is 2. The summed E-state index contributed by atoms with van der Waals surface area (Å²) >= 11 is 2.96. The van der Waals surface area contributed by atoms with Crippen LogP contribution >= 0.6 is 15.9 Å². The molecule has 1 saturated heterocycles. The molecule has 2 heterocycles. The molecule has 1 N–H and O–H groups in total. The van der Waals surface area contributed by atoms with E-state index >= 15 is 0 Å². The summed E-state index contributed by atoms with van der Waals surface area (Å²) in [6.45, 7) is 0.307. The summed E-state index contributed by atoms with van der Waals surface area (Å²) in [6.07, 6.45) is -2.92. The molecule has 0 radical (unpaired) electrons. The minimum Gasteiger partial charge on any atom is -0.481 e. The van der Waals surface area contributed by atoms with Crippen LogP contribution in [0.25, 0.3) is 0 Å². The molecule has 1 aliphatic heterocycles. The summed E-state index contributed by atoms with van der Waals surface area (Å²) in [5.74, 6) is -1.85. The normalized spacial score (nSPS) is 19.8. The molecule has 1 unspecified atom stereocenters. The van der Waals surface area contributed by atoms with Crippen LogP contribution in [0.5, 0.6) is 0 Å². The molecule has 0 aliphatic carbocycles. The van der Waals surface area contributed by atoms with Crippen LogP contribution in [0.4, 0.5) is 19.0 Å². The highest BCUT2D eigenvalue weighted by Gasteiger charge is 2.38. The van der Waals surface area contributed by atoms with E-state index in [0.717, 1.165) is 6.07 Å². The Balaban J connectivity index is 2.33. The fraction of sp³-hybridized carbons (Fsp3) is 0.455. The highest BCUT2D eigenvalue weighted by atomic mass is 79.9. The van der Waals surface area contributed by atoms with Crippen molar-refractivity contribution in [3.63, 3.8) is 0 Å². The van der Waals surface area contributed by atoms with Crippen molar-refractivity contribution in [2.45, 2.75) is 12.6 Å². The summed E-state index contributed by atoms with van der Waals surface area (Å²) in [4.78, 5) is 16.0. The summed E-state index contributed by atoms with van der Waals surface area (Å²) < 4.78 is 39.0. The molecule has 4 nitrogen and oxygen atoms in total. The quantitative estimate of drug-likeness (QED) is 0.900. The maximum Gasteiger partial charge on any atom is 0.419 e. The van der Waals surface area contributed by atoms with Crippen LogP contribution in [-0.2, 0) is 11.0 Å². The molecule has 0 amide bonds. The SMILES string of the molecule is O=C(O)C1CCN(c2ncc(Br)cc2C(F)(F)F)C1. The average Bonchev–Trinajstić information content (AvgIpc) is 2.77. The molecule has 2 rings (SSSR count). The first-order valence-corrected chi connectivity index (χ1v) is 6.29. The Bertz CT molecular complexity index is 507. The average molecular weight is 339 g/mol. The van der Waals surface area contributed by atoms with Gasteiger partial charge in [-0.25, -0.2) is 4.98 Å². The van der Waals surface area contributed by atoms with E-state index in [2.05, 4.69) is 20.9 Å². The zero-order valence-electron chi connectivity index (χ0n) is 9.62. The molecule has 1 aromatic rings. The van der Waals surface area contributed by atoms with E-state index in [1.54, 1.807) is 0 Å². The number of halogens is 4. The van der Waals surface area contributed by atoms with Crippen molar-refractivity contribution < 1.29 is 23.1 Å². The largest absolute Gasteiger partial charge is 0.481 e. The third-order valence-electron chi connectivity index (χ3n) is 2.98. The van der Waals surface area contributed by atoms with Gasteiger partial charge in [-0.1, -0.05) is 0 Å². The van der Waals surface area contributed by atoms with Gasteiger partial charge in [0, 0.05) is 23.8 Å². The zero-order chi connectivity index (χ0) is 14.2. The van der Waals surface area contributed by atoms with Gasteiger partial charge in [-0.15, -0.1) is 0 Å². The maximum absolute atomic E-state index is 12.9. The Labute approximate surface area is 115 Å². The van der Waals surface area contributed by atoms with E-state index in [4.69, 9.17) is 5.11 Å². The van der Waals surface area contributed by atoms with Crippen LogP contribution in [0.1, 0.15) is 12.0 Å². The molecule has 0 saturated carbocycles. The second kappa shape index (κ2) is 4.99. The van der Waals surface area contributed by atoms with Crippen molar-refractivity contribution >= 4 is 27.7 Å². The Hall–Kier alpha value is -1.31. The number of carbonyl (C=O) groups is 1. The van der Waals surface area contributed by atoms with Crippen LogP contribution in [0.3, 0.4) is 0 Å². The monoisotopic (exact) mass is 338 g/mol. The van der Waals surface area contributed by atoms with Gasteiger partial charge < -0.3 is 10.0 Å². The van der Waals surface area contributed by atoms with Gasteiger partial charge in [0.05, 0.1) is 11.5 Å². The van der Waals surface area contributed by atoms with E-state index < -0.39 is 23.6 Å². The predicted octanol–water partition coefficient (Wildman–Crippen LogP) is 2.77. The second-order valence-electron chi connectivity index (χ2n) is 4.29. The van der Waals surface area contributed by atoms with E-state index in [1.807, 2.05) is 0 Å². The Morgan fingerprint density at radius 2 is 2.21 bits per heavy atom. The third-order valence-corrected chi connectivity index (χ3v) is 3.41. The molecule has 19 heavy (non-hydrogen) atoms. The first kappa shape index (κ1) is 14.1. The molecule has 1 fully saturated rings. The lowest BCUT2D eigenvalue weighted by atomic mass is 10.1. The number of aromatic nitrogens is 1. The minimum absolute atomic E-state index is 0.0487. The molecule has 104 valence electrons. The van der Waals surface area contributed by atoms with Crippen LogP contribution in [0, 0.1) is 5.92 Å². The van der Waals surface area contributed by atoms with E-state index in [9.17, 15) is 18.0 Å². The number of alkyl halides is 3. The molecular formula is C11H10BrF3N2O2. The Kier molecular flexibility index (Phi) is 3.71. The first-order valence-electron chi connectivity index (χ1n) is 5.49. The lowest BCUT2D eigenvalue weighted by Gasteiger charge is -2.21. The second-order valence-corrected chi connectivity index (χ2v) is 5.21. The molecule has 1 atom stereocenters. The van der Waals surface area contributed by atoms with Gasteiger partial charge in [-0.05, 0) is 28.4 Å². The lowest BCUT2D eigenvalue weighted by molar-refractivity contribution is -0.141. The number of hydrogen-bond acceptors (Lipinski definition) is 3. The van der Waals surface area contributed by atoms with Gasteiger partial charge in [0.15, 0.2) is 0 Å². The number of carboxylic acid groups (broad SMARTS) is 1. The van der Waals surface area contributed by atoms with Gasteiger partial charge >= 0.3 is 12.1 Å². The summed E-state index contributed by atoms with van der Waals surface area (Å²) in [6, 6.07) is 0.955. The topological polar surface area (TPSA) is 53.4 Å². The van der Waals surface area contributed by atoms with E-state index in [-0.39, 0.29) is 23.4 Å². The van der Waals surface area contributed by atoms with Crippen molar-refractivity contribution in [1.29, 1.82) is 0 Å². The van der Waals surface area contributed by atoms with Crippen molar-refractivity contribution in [1.82, 2.24) is 4.98 Å². The molecular weight excluding hydrogens is 329 g/mol. The van der Waals surface area contributed by atoms with Crippen LogP contribution < -0.4 is 4.90 Å². The van der Waals surface area contributed by atoms with Crippen molar-refractivity contribution in [2.75, 3.05) is 18.0 Å². The van der Waals surface area contributed by atoms with Crippen LogP contribution in [0.2, 0.25) is 0 Å². The number of pyridine rings is 1. The van der Waals surface area contributed by atoms with E-state index in [0.29, 0.717) is 6.42 Å². The van der Waals surface area contributed by atoms with Crippen molar-refractivity contribution in [2.24, 2.45) is 5.92 Å². The first-order chi connectivity index (χ1) is 8.79. The summed E-state index contributed by atoms with van der Waals surface area (Å²) in [5, 5.41) is 8.87. The number of anilines is 1. The minimum atomic E-state index is -4.52. The van der Waals surface area contributed by atoms with Gasteiger partial charge in [-0.3, -0.25) is 4.79 Å². The van der Waals surface area contributed by atoms with Gasteiger partial charge in [0.25, 0.3) is 0 Å². The van der Waals surface area contributed by atoms with Crippen LogP contribution in [-0.4, -0.2) is 29.1 Å². The Morgan fingerprint density at radius 3 is 2.74 bits per heavy atom. The molecule has 1 aromatic heterocycles. The van der Waals surface area contributed by atoms with E-state index in [1.165, 1.54) is 11.1 Å². The standard InChI is InChI=1S/C11H10BrF3N2O2/c12-7-3-8(11(13,14)15)9(16-4-7)17-2-1-6(5-17)10(18)19/h3-4,6H,1-2,5H2,(H,18,19). The highest BCUT2D eigenvalue weighted by Crippen LogP contribution is 2.38. The summed E-state index contributed by atoms with van der Waals surface area (Å²) in [7, 11) is 0. The smallest absolute Gasteiger partial charge is 0.419 e. The fourth-order valence-corrected chi connectivity index (χ4v) is 2.38. The van der Waals surface area contributed by atoms with Gasteiger partial charge in [0.1, 0.15) is 5.82 Å². The predicted molar refractivity (Wildman–Crippen MR) is 64.9 cm³/mol. The van der Waals surface area contributed by atoms with Gasteiger partial charge in [0.2, 0.25) is 0 Å². The molecule has 0 bridgehead atoms. The van der Waals surface area contributed by atoms with Crippen molar-refractivity contribution in [3.8, 4) is 0 Å². The van der Waals surface area contributed by atoms with Crippen molar-refractivity contribution in [3.05, 3.63) is 22.3 Å². The summed E-state index contributed by atoms with van der Waals surface area (Å²) in [5.41, 5.74) is -0.854. The molecule has 8 heteroatoms. The number of aliphatic carboxylic acids is 1. The molecule has 1 aliphatic rings. The third kappa shape index (κ3) is 2.99. The molecule has 0 aromatic carbocycles.